The van der Waals surface area contributed by atoms with E-state index in [4.69, 9.17) is 9.47 Å². The molecule has 0 radical (unpaired) electrons. The second kappa shape index (κ2) is 8.07. The fraction of sp³-hybridized carbons (Fsp3) is 0.300. The first kappa shape index (κ1) is 18.7. The number of hydrogen-bond donors (Lipinski definition) is 1. The van der Waals surface area contributed by atoms with Gasteiger partial charge in [0.15, 0.2) is 11.6 Å². The molecule has 142 valence electrons. The van der Waals surface area contributed by atoms with Crippen molar-refractivity contribution < 1.29 is 23.5 Å². The molecule has 1 N–H and O–H groups in total. The first-order valence-corrected chi connectivity index (χ1v) is 8.65. The van der Waals surface area contributed by atoms with Gasteiger partial charge in [0.1, 0.15) is 5.75 Å². The highest BCUT2D eigenvalue weighted by atomic mass is 19.1. The highest BCUT2D eigenvalue weighted by Crippen LogP contribution is 2.28. The van der Waals surface area contributed by atoms with Gasteiger partial charge in [-0.15, -0.1) is 0 Å². The first-order chi connectivity index (χ1) is 13.0. The third-order valence-electron chi connectivity index (χ3n) is 4.50. The molecular weight excluding hydrogens is 351 g/mol. The largest absolute Gasteiger partial charge is 0.495 e. The van der Waals surface area contributed by atoms with Crippen molar-refractivity contribution in [3.8, 4) is 11.5 Å². The van der Waals surface area contributed by atoms with Gasteiger partial charge in [0.25, 0.3) is 11.8 Å². The Morgan fingerprint density at radius 2 is 1.59 bits per heavy atom. The lowest BCUT2D eigenvalue weighted by Gasteiger charge is -2.17. The van der Waals surface area contributed by atoms with Crippen LogP contribution in [0.5, 0.6) is 11.5 Å². The summed E-state index contributed by atoms with van der Waals surface area (Å²) in [5.41, 5.74) is 0.948. The van der Waals surface area contributed by atoms with E-state index in [0.717, 1.165) is 32.0 Å². The molecule has 0 spiro atoms. The summed E-state index contributed by atoms with van der Waals surface area (Å²) >= 11 is 0. The fourth-order valence-electron chi connectivity index (χ4n) is 3.04. The van der Waals surface area contributed by atoms with Crippen molar-refractivity contribution in [2.75, 3.05) is 32.6 Å². The van der Waals surface area contributed by atoms with E-state index >= 15 is 0 Å². The van der Waals surface area contributed by atoms with Crippen molar-refractivity contribution >= 4 is 17.5 Å². The lowest BCUT2D eigenvalue weighted by Crippen LogP contribution is -2.27. The monoisotopic (exact) mass is 372 g/mol. The third-order valence-corrected chi connectivity index (χ3v) is 4.50. The van der Waals surface area contributed by atoms with Crippen LogP contribution in [0.15, 0.2) is 36.4 Å². The minimum absolute atomic E-state index is 0.0577. The molecule has 0 saturated carbocycles. The molecule has 2 amide bonds. The van der Waals surface area contributed by atoms with Crippen molar-refractivity contribution in [1.29, 1.82) is 0 Å². The number of benzene rings is 2. The summed E-state index contributed by atoms with van der Waals surface area (Å²) in [5.74, 6) is -0.755. The number of nitrogens with one attached hydrogen (secondary N) is 1. The number of carbonyl (C=O) groups is 2. The maximum absolute atomic E-state index is 13.9. The number of halogens is 1. The van der Waals surface area contributed by atoms with Crippen LogP contribution in [0, 0.1) is 5.82 Å². The summed E-state index contributed by atoms with van der Waals surface area (Å²) in [6.07, 6.45) is 1.99. The summed E-state index contributed by atoms with van der Waals surface area (Å²) in [6, 6.07) is 8.82. The predicted molar refractivity (Wildman–Crippen MR) is 99.0 cm³/mol. The first-order valence-electron chi connectivity index (χ1n) is 8.65. The van der Waals surface area contributed by atoms with Gasteiger partial charge in [0.2, 0.25) is 0 Å². The Bertz CT molecular complexity index is 863. The summed E-state index contributed by atoms with van der Waals surface area (Å²) in [5, 5.41) is 2.69. The van der Waals surface area contributed by atoms with Gasteiger partial charge in [0.05, 0.1) is 19.9 Å². The van der Waals surface area contributed by atoms with Gasteiger partial charge < -0.3 is 19.7 Å². The molecule has 7 heteroatoms. The zero-order valence-corrected chi connectivity index (χ0v) is 15.3. The molecule has 0 bridgehead atoms. The van der Waals surface area contributed by atoms with Crippen LogP contribution in [0.2, 0.25) is 0 Å². The molecule has 1 aliphatic heterocycles. The Labute approximate surface area is 156 Å². The standard InChI is InChI=1S/C20H21FN2O4/c1-26-17-7-5-13(11-15(17)21)19(24)22-16-12-14(6-8-18(16)27-2)20(25)23-9-3-4-10-23/h5-8,11-12H,3-4,9-10H2,1-2H3,(H,22,24). The van der Waals surface area contributed by atoms with Crippen LogP contribution in [-0.4, -0.2) is 44.0 Å². The van der Waals surface area contributed by atoms with Gasteiger partial charge >= 0.3 is 0 Å². The molecule has 1 heterocycles. The fourth-order valence-corrected chi connectivity index (χ4v) is 3.04. The highest BCUT2D eigenvalue weighted by Gasteiger charge is 2.21. The molecule has 0 aromatic heterocycles. The van der Waals surface area contributed by atoms with E-state index in [1.165, 1.54) is 26.4 Å². The predicted octanol–water partition coefficient (Wildman–Crippen LogP) is 3.33. The van der Waals surface area contributed by atoms with Crippen molar-refractivity contribution in [3.05, 3.63) is 53.3 Å². The number of rotatable bonds is 5. The van der Waals surface area contributed by atoms with E-state index in [2.05, 4.69) is 5.32 Å². The van der Waals surface area contributed by atoms with E-state index in [9.17, 15) is 14.0 Å². The van der Waals surface area contributed by atoms with Crippen LogP contribution >= 0.6 is 0 Å². The van der Waals surface area contributed by atoms with Crippen LogP contribution in [-0.2, 0) is 0 Å². The minimum atomic E-state index is -0.630. The van der Waals surface area contributed by atoms with Gasteiger partial charge in [-0.25, -0.2) is 4.39 Å². The average Bonchev–Trinajstić information content (AvgIpc) is 3.22. The average molecular weight is 372 g/mol. The molecule has 2 aromatic rings. The lowest BCUT2D eigenvalue weighted by atomic mass is 10.1. The molecule has 1 saturated heterocycles. The van der Waals surface area contributed by atoms with Gasteiger partial charge in [-0.05, 0) is 49.2 Å². The number of hydrogen-bond acceptors (Lipinski definition) is 4. The SMILES string of the molecule is COc1ccc(C(=O)Nc2cc(C(=O)N3CCCC3)ccc2OC)cc1F. The van der Waals surface area contributed by atoms with Crippen molar-refractivity contribution in [2.24, 2.45) is 0 Å². The highest BCUT2D eigenvalue weighted by molar-refractivity contribution is 6.06. The number of nitrogens with zero attached hydrogens (tertiary/aromatic N) is 1. The number of anilines is 1. The van der Waals surface area contributed by atoms with Crippen molar-refractivity contribution in [3.63, 3.8) is 0 Å². The quantitative estimate of drug-likeness (QED) is 0.874. The second-order valence-corrected chi connectivity index (χ2v) is 6.22. The number of amides is 2. The maximum Gasteiger partial charge on any atom is 0.255 e. The molecule has 1 aliphatic rings. The van der Waals surface area contributed by atoms with Gasteiger partial charge in [-0.2, -0.15) is 0 Å². The van der Waals surface area contributed by atoms with E-state index in [1.54, 1.807) is 23.1 Å². The summed E-state index contributed by atoms with van der Waals surface area (Å²) in [7, 11) is 2.83. The maximum atomic E-state index is 13.9. The molecule has 27 heavy (non-hydrogen) atoms. The van der Waals surface area contributed by atoms with Gasteiger partial charge in [-0.3, -0.25) is 9.59 Å². The van der Waals surface area contributed by atoms with Crippen molar-refractivity contribution in [2.45, 2.75) is 12.8 Å². The minimum Gasteiger partial charge on any atom is -0.495 e. The molecule has 6 nitrogen and oxygen atoms in total. The Kier molecular flexibility index (Phi) is 5.59. The van der Waals surface area contributed by atoms with E-state index in [0.29, 0.717) is 17.0 Å². The molecule has 3 rings (SSSR count). The number of ether oxygens (including phenoxy) is 2. The number of methoxy groups -OCH3 is 2. The van der Waals surface area contributed by atoms with E-state index in [1.807, 2.05) is 0 Å². The second-order valence-electron chi connectivity index (χ2n) is 6.22. The Morgan fingerprint density at radius 1 is 0.963 bits per heavy atom. The van der Waals surface area contributed by atoms with Crippen LogP contribution < -0.4 is 14.8 Å². The third kappa shape index (κ3) is 4.02. The number of carbonyl (C=O) groups excluding carboxylic acids is 2. The number of likely N-dealkylation sites (tertiary alicyclic amines) is 1. The molecule has 0 atom stereocenters. The smallest absolute Gasteiger partial charge is 0.255 e. The van der Waals surface area contributed by atoms with Crippen LogP contribution in [0.25, 0.3) is 0 Å². The Hall–Kier alpha value is -3.09. The summed E-state index contributed by atoms with van der Waals surface area (Å²) in [4.78, 5) is 26.9. The van der Waals surface area contributed by atoms with E-state index < -0.39 is 11.7 Å². The normalized spacial score (nSPS) is 13.4. The van der Waals surface area contributed by atoms with Crippen LogP contribution in [0.1, 0.15) is 33.6 Å². The van der Waals surface area contributed by atoms with Gasteiger partial charge in [0, 0.05) is 24.2 Å². The Morgan fingerprint density at radius 3 is 2.22 bits per heavy atom. The molecule has 0 aliphatic carbocycles. The van der Waals surface area contributed by atoms with Crippen LogP contribution in [0.3, 0.4) is 0 Å². The van der Waals surface area contributed by atoms with E-state index in [-0.39, 0.29) is 17.2 Å². The zero-order valence-electron chi connectivity index (χ0n) is 15.3. The lowest BCUT2D eigenvalue weighted by molar-refractivity contribution is 0.0792. The van der Waals surface area contributed by atoms with Crippen molar-refractivity contribution in [1.82, 2.24) is 4.90 Å². The molecular formula is C20H21FN2O4. The molecule has 0 unspecified atom stereocenters. The summed E-state index contributed by atoms with van der Waals surface area (Å²) < 4.78 is 24.0. The topological polar surface area (TPSA) is 67.9 Å². The van der Waals surface area contributed by atoms with Crippen LogP contribution in [0.4, 0.5) is 10.1 Å². The summed E-state index contributed by atoms with van der Waals surface area (Å²) in [6.45, 7) is 1.47. The Balaban J connectivity index is 1.84. The molecule has 2 aromatic carbocycles. The molecule has 1 fully saturated rings. The van der Waals surface area contributed by atoms with Gasteiger partial charge in [-0.1, -0.05) is 0 Å². The zero-order chi connectivity index (χ0) is 19.4.